The van der Waals surface area contributed by atoms with Crippen molar-refractivity contribution in [2.45, 2.75) is 82.0 Å². The third-order valence-electron chi connectivity index (χ3n) is 7.71. The molecular formula is C35H51N3O4Sn. The number of benzene rings is 2. The minimum absolute atomic E-state index is 0.407. The van der Waals surface area contributed by atoms with Gasteiger partial charge in [0.25, 0.3) is 0 Å². The predicted molar refractivity (Wildman–Crippen MR) is 180 cm³/mol. The van der Waals surface area contributed by atoms with Crippen molar-refractivity contribution in [3.63, 3.8) is 0 Å². The number of unbranched alkanes of at least 4 members (excludes halogenated alkanes) is 3. The Hall–Kier alpha value is -2.36. The van der Waals surface area contributed by atoms with Crippen molar-refractivity contribution in [2.24, 2.45) is 0 Å². The molecule has 234 valence electrons. The normalized spacial score (nSPS) is 11.6. The fraction of sp³-hybridized carbons (Fsp3) is 0.543. The zero-order valence-electron chi connectivity index (χ0n) is 27.0. The van der Waals surface area contributed by atoms with Gasteiger partial charge >= 0.3 is 240 Å². The van der Waals surface area contributed by atoms with E-state index in [2.05, 4.69) is 60.3 Å². The molecule has 0 aliphatic rings. The molecule has 2 radical (unpaired) electrons. The number of nitrogens with one attached hydrogen (secondary N) is 1. The molecule has 1 heterocycles. The molecule has 0 bridgehead atoms. The second-order valence-corrected chi connectivity index (χ2v) is 16.6. The Kier molecular flexibility index (Phi) is 15.6. The van der Waals surface area contributed by atoms with Gasteiger partial charge in [0.2, 0.25) is 0 Å². The fourth-order valence-electron chi connectivity index (χ4n) is 5.28. The average Bonchev–Trinajstić information content (AvgIpc) is 3.02. The Balaban J connectivity index is 1.88. The Labute approximate surface area is 269 Å². The molecule has 0 aliphatic heterocycles. The Morgan fingerprint density at radius 1 is 0.814 bits per heavy atom. The van der Waals surface area contributed by atoms with Crippen molar-refractivity contribution >= 4 is 47.1 Å². The van der Waals surface area contributed by atoms with Crippen LogP contribution in [-0.4, -0.2) is 71.8 Å². The monoisotopic (exact) mass is 697 g/mol. The first-order valence-electron chi connectivity index (χ1n) is 15.9. The summed E-state index contributed by atoms with van der Waals surface area (Å²) < 4.78 is 24.2. The summed E-state index contributed by atoms with van der Waals surface area (Å²) in [6, 6.07) is 12.5. The first-order valence-corrected chi connectivity index (χ1v) is 18.7. The molecule has 0 saturated carbocycles. The molecule has 1 N–H and O–H groups in total. The van der Waals surface area contributed by atoms with Crippen molar-refractivity contribution in [3.05, 3.63) is 54.9 Å². The quantitative estimate of drug-likeness (QED) is 0.0832. The van der Waals surface area contributed by atoms with E-state index in [1.54, 1.807) is 20.5 Å². The summed E-state index contributed by atoms with van der Waals surface area (Å²) in [5.41, 5.74) is 3.01. The fourth-order valence-corrected chi connectivity index (χ4v) is 10.5. The van der Waals surface area contributed by atoms with E-state index < -0.39 is 21.1 Å². The van der Waals surface area contributed by atoms with Crippen LogP contribution in [0.15, 0.2) is 49.3 Å². The predicted octanol–water partition coefficient (Wildman–Crippen LogP) is 8.83. The van der Waals surface area contributed by atoms with Crippen LogP contribution in [0.25, 0.3) is 14.5 Å². The topological polar surface area (TPSA) is 74.7 Å². The second kappa shape index (κ2) is 19.1. The number of hydrogen-bond donors (Lipinski definition) is 1. The van der Waals surface area contributed by atoms with Crippen molar-refractivity contribution < 1.29 is 18.9 Å². The first kappa shape index (κ1) is 35.1. The second-order valence-electron chi connectivity index (χ2n) is 11.1. The van der Waals surface area contributed by atoms with Gasteiger partial charge in [0.05, 0.1) is 6.61 Å². The standard InChI is InChI=1S/C22H24N3O4.C13H27.Sn/c1-4-16-6-5-7-17(12-16)25-22-18-13-20(28-10-8-26-2)21(29-11-9-27-3)14-19(18)23-15-24-22;1-4-7-10-13(11-8-5-2)12-9-6-3;/h5-7,12-15H,1,8-11H2,2-3H3,(H,23,24,25);4-12H2,1-3H3;. The number of ether oxygens (including phenoxy) is 4. The zero-order valence-corrected chi connectivity index (χ0v) is 29.8. The van der Waals surface area contributed by atoms with Gasteiger partial charge in [-0.05, 0) is 0 Å². The molecule has 0 saturated heterocycles. The van der Waals surface area contributed by atoms with Crippen LogP contribution in [0.4, 0.5) is 11.5 Å². The van der Waals surface area contributed by atoms with Gasteiger partial charge in [-0.3, -0.25) is 0 Å². The molecule has 0 spiro atoms. The molecule has 0 aliphatic carbocycles. The Morgan fingerprint density at radius 2 is 1.42 bits per heavy atom. The minimum atomic E-state index is -0.923. The van der Waals surface area contributed by atoms with E-state index in [0.29, 0.717) is 41.4 Å². The van der Waals surface area contributed by atoms with Gasteiger partial charge in [-0.15, -0.1) is 0 Å². The average molecular weight is 697 g/mol. The number of rotatable bonds is 22. The van der Waals surface area contributed by atoms with Gasteiger partial charge in [0.1, 0.15) is 0 Å². The summed E-state index contributed by atoms with van der Waals surface area (Å²) >= 11 is -0.923. The first-order chi connectivity index (χ1) is 21.0. The molecule has 1 aromatic heterocycles. The molecule has 8 heteroatoms. The number of aromatic nitrogens is 2. The van der Waals surface area contributed by atoms with Crippen LogP contribution >= 0.6 is 0 Å². The molecule has 43 heavy (non-hydrogen) atoms. The maximum atomic E-state index is 6.02. The molecule has 0 fully saturated rings. The summed E-state index contributed by atoms with van der Waals surface area (Å²) in [6.07, 6.45) is 13.4. The molecule has 0 unspecified atom stereocenters. The van der Waals surface area contributed by atoms with E-state index in [9.17, 15) is 0 Å². The summed E-state index contributed by atoms with van der Waals surface area (Å²) in [5, 5.41) is 4.41. The van der Waals surface area contributed by atoms with Crippen LogP contribution in [-0.2, 0) is 9.47 Å². The van der Waals surface area contributed by atoms with Gasteiger partial charge < -0.3 is 9.47 Å². The van der Waals surface area contributed by atoms with Gasteiger partial charge in [0.15, 0.2) is 0 Å². The third-order valence-corrected chi connectivity index (χ3v) is 13.0. The number of nitrogens with zero attached hydrogens (tertiary/aromatic N) is 2. The molecule has 3 rings (SSSR count). The van der Waals surface area contributed by atoms with Crippen LogP contribution < -0.4 is 14.8 Å². The van der Waals surface area contributed by atoms with Crippen molar-refractivity contribution in [3.8, 4) is 11.5 Å². The van der Waals surface area contributed by atoms with Crippen LogP contribution in [0.2, 0.25) is 3.43 Å². The number of anilines is 2. The van der Waals surface area contributed by atoms with Gasteiger partial charge in [-0.1, -0.05) is 0 Å². The van der Waals surface area contributed by atoms with Gasteiger partial charge in [-0.2, -0.15) is 0 Å². The Morgan fingerprint density at radius 3 is 2.00 bits per heavy atom. The number of methoxy groups -OCH3 is 2. The molecular weight excluding hydrogens is 645 g/mol. The van der Waals surface area contributed by atoms with E-state index in [1.807, 2.05) is 12.1 Å². The van der Waals surface area contributed by atoms with E-state index in [1.165, 1.54) is 66.9 Å². The molecule has 2 aromatic carbocycles. The van der Waals surface area contributed by atoms with Crippen molar-refractivity contribution in [2.75, 3.05) is 46.0 Å². The molecule has 0 atom stereocenters. The van der Waals surface area contributed by atoms with Gasteiger partial charge in [-0.25, -0.2) is 0 Å². The third kappa shape index (κ3) is 10.9. The number of fused-ring (bicyclic) bond motifs is 1. The summed E-state index contributed by atoms with van der Waals surface area (Å²) in [4.78, 5) is 9.12. The number of hydrogen-bond acceptors (Lipinski definition) is 7. The molecule has 0 amide bonds. The summed E-state index contributed by atoms with van der Waals surface area (Å²) in [5.74, 6) is 1.96. The molecule has 3 aromatic rings. The van der Waals surface area contributed by atoms with Gasteiger partial charge in [0, 0.05) is 14.2 Å². The maximum absolute atomic E-state index is 6.02. The molecule has 7 nitrogen and oxygen atoms in total. The summed E-state index contributed by atoms with van der Waals surface area (Å²) in [6.45, 7) is 13.4. The van der Waals surface area contributed by atoms with Crippen LogP contribution in [0.3, 0.4) is 0 Å². The Bertz CT molecular complexity index is 1250. The van der Waals surface area contributed by atoms with Crippen LogP contribution in [0, 0.1) is 0 Å². The van der Waals surface area contributed by atoms with E-state index in [0.717, 1.165) is 22.4 Å². The van der Waals surface area contributed by atoms with Crippen molar-refractivity contribution in [1.29, 1.82) is 0 Å². The van der Waals surface area contributed by atoms with E-state index >= 15 is 0 Å². The van der Waals surface area contributed by atoms with E-state index in [4.69, 9.17) is 25.5 Å². The van der Waals surface area contributed by atoms with Crippen LogP contribution in [0.1, 0.15) is 84.1 Å². The SMILES string of the molecule is C=[C]([Sn][C](CCCC)(CCCC)CCCC)c1cccc(Nc2ncnc3cc(OCCOC)c(OCCOC)cc23)c1. The van der Waals surface area contributed by atoms with Crippen LogP contribution in [0.5, 0.6) is 11.5 Å². The zero-order chi connectivity index (χ0) is 30.9. The van der Waals surface area contributed by atoms with Crippen molar-refractivity contribution in [1.82, 2.24) is 9.97 Å². The van der Waals surface area contributed by atoms with E-state index in [-0.39, 0.29) is 0 Å². The summed E-state index contributed by atoms with van der Waals surface area (Å²) in [7, 11) is 3.31.